The van der Waals surface area contributed by atoms with E-state index in [0.29, 0.717) is 24.9 Å². The highest BCUT2D eigenvalue weighted by atomic mass is 79.9. The van der Waals surface area contributed by atoms with Crippen molar-refractivity contribution in [2.45, 2.75) is 13.8 Å². The summed E-state index contributed by atoms with van der Waals surface area (Å²) in [5.74, 6) is 3.23. The molecule has 3 N–H and O–H groups in total. The molecular formula is C38H43BrN12O3. The van der Waals surface area contributed by atoms with Crippen LogP contribution in [0.4, 0.5) is 23.0 Å². The van der Waals surface area contributed by atoms with Crippen LogP contribution in [0.1, 0.15) is 13.8 Å². The van der Waals surface area contributed by atoms with Crippen LogP contribution >= 0.6 is 15.9 Å². The van der Waals surface area contributed by atoms with Crippen LogP contribution in [0.3, 0.4) is 0 Å². The number of anilines is 4. The zero-order valence-corrected chi connectivity index (χ0v) is 31.9. The number of nitrogen functional groups attached to an aromatic ring is 1. The summed E-state index contributed by atoms with van der Waals surface area (Å²) >= 11 is 2.45. The number of nitrogens with one attached hydrogen (secondary N) is 1. The Morgan fingerprint density at radius 3 is 1.54 bits per heavy atom. The Balaban J connectivity index is 0.000000174. The fourth-order valence-electron chi connectivity index (χ4n) is 5.70. The average Bonchev–Trinajstić information content (AvgIpc) is 3.90. The number of fused-ring (bicyclic) bond motifs is 2. The fraction of sp³-hybridized carbons (Fsp3) is 0.316. The minimum absolute atomic E-state index is 0.656. The molecule has 0 unspecified atom stereocenters. The second-order valence-electron chi connectivity index (χ2n) is 11.7. The number of nitrogens with zero attached hydrogens (tertiary/aromatic N) is 10. The number of ether oxygens (including phenoxy) is 3. The third kappa shape index (κ3) is 10.4. The molecule has 280 valence electrons. The zero-order chi connectivity index (χ0) is 38.1. The van der Waals surface area contributed by atoms with Crippen molar-refractivity contribution in [2.75, 3.05) is 86.7 Å². The van der Waals surface area contributed by atoms with Crippen molar-refractivity contribution < 1.29 is 14.2 Å². The molecule has 8 rings (SSSR count). The standard InChI is InChI=1S/C17H16N6O.C16H17N5O.C4H10O.CBrN/c18-12-19-14-5-3-13(4-6-14)16-20-17(22-8-10-24-11-9-22)15-2-1-7-23(15)21-16;17-13-5-3-12(4-6-13)15-18-16(20-8-10-22-11-9-20)14-2-1-7-21(14)19-15;1-3-5-4-2;2-1-3/h1-7,19H,8-11H2;1-7H,8-11,17H2;3-4H2,1-2H3;. The minimum Gasteiger partial charge on any atom is -0.399 e. The van der Waals surface area contributed by atoms with Gasteiger partial charge in [0.1, 0.15) is 16.0 Å². The van der Waals surface area contributed by atoms with E-state index in [1.807, 2.05) is 114 Å². The van der Waals surface area contributed by atoms with E-state index >= 15 is 0 Å². The number of aromatic nitrogens is 6. The largest absolute Gasteiger partial charge is 0.399 e. The molecule has 2 aliphatic rings. The summed E-state index contributed by atoms with van der Waals surface area (Å²) in [5, 5.41) is 27.7. The number of hydrogen-bond acceptors (Lipinski definition) is 13. The highest BCUT2D eigenvalue weighted by Crippen LogP contribution is 2.26. The maximum Gasteiger partial charge on any atom is 0.182 e. The van der Waals surface area contributed by atoms with Gasteiger partial charge in [-0.1, -0.05) is 0 Å². The summed E-state index contributed by atoms with van der Waals surface area (Å²) in [5.41, 5.74) is 11.1. The van der Waals surface area contributed by atoms with Crippen LogP contribution in [-0.4, -0.2) is 95.0 Å². The normalized spacial score (nSPS) is 13.6. The zero-order valence-electron chi connectivity index (χ0n) is 30.3. The van der Waals surface area contributed by atoms with Gasteiger partial charge in [-0.25, -0.2) is 19.0 Å². The molecule has 0 radical (unpaired) electrons. The SMILES string of the molecule is CCOCC.N#CBr.N#CNc1ccc(-c2nc(N3CCOCC3)c3cccn3n2)cc1.Nc1ccc(-c2nc(N3CCOCC3)c3cccn3n2)cc1. The predicted molar refractivity (Wildman–Crippen MR) is 213 cm³/mol. The second kappa shape index (κ2) is 20.5. The van der Waals surface area contributed by atoms with Crippen molar-refractivity contribution in [1.82, 2.24) is 29.2 Å². The minimum atomic E-state index is 0.656. The van der Waals surface area contributed by atoms with Gasteiger partial charge in [-0.05, 0) is 86.6 Å². The molecule has 0 saturated carbocycles. The Hall–Kier alpha value is -5.78. The summed E-state index contributed by atoms with van der Waals surface area (Å²) in [7, 11) is 0. The topological polar surface area (TPSA) is 180 Å². The highest BCUT2D eigenvalue weighted by Gasteiger charge is 2.19. The van der Waals surface area contributed by atoms with Crippen LogP contribution in [0.25, 0.3) is 33.8 Å². The van der Waals surface area contributed by atoms with Crippen molar-refractivity contribution in [3.63, 3.8) is 0 Å². The average molecular weight is 796 g/mol. The van der Waals surface area contributed by atoms with Gasteiger partial charge in [-0.2, -0.15) is 10.5 Å². The maximum atomic E-state index is 8.68. The lowest BCUT2D eigenvalue weighted by molar-refractivity contribution is 0.122. The van der Waals surface area contributed by atoms with Crippen LogP contribution in [0.5, 0.6) is 0 Å². The molecule has 2 aromatic carbocycles. The van der Waals surface area contributed by atoms with Gasteiger partial charge >= 0.3 is 0 Å². The molecule has 0 aliphatic carbocycles. The van der Waals surface area contributed by atoms with Crippen LogP contribution < -0.4 is 20.9 Å². The number of nitrogens with two attached hydrogens (primary N) is 1. The number of nitriles is 2. The molecule has 54 heavy (non-hydrogen) atoms. The first-order valence-electron chi connectivity index (χ1n) is 17.5. The summed E-state index contributed by atoms with van der Waals surface area (Å²) in [6.45, 7) is 11.9. The third-order valence-corrected chi connectivity index (χ3v) is 8.28. The van der Waals surface area contributed by atoms with Gasteiger partial charge in [0, 0.05) is 90.2 Å². The smallest absolute Gasteiger partial charge is 0.182 e. The predicted octanol–water partition coefficient (Wildman–Crippen LogP) is 5.85. The van der Waals surface area contributed by atoms with Gasteiger partial charge in [0.25, 0.3) is 0 Å². The van der Waals surface area contributed by atoms with E-state index in [2.05, 4.69) is 41.2 Å². The van der Waals surface area contributed by atoms with E-state index in [1.54, 1.807) is 4.98 Å². The van der Waals surface area contributed by atoms with Gasteiger partial charge in [-0.15, -0.1) is 10.2 Å². The van der Waals surface area contributed by atoms with E-state index in [9.17, 15) is 0 Å². The number of benzene rings is 2. The molecule has 16 heteroatoms. The molecular weight excluding hydrogens is 752 g/mol. The Kier molecular flexibility index (Phi) is 14.9. The molecule has 6 heterocycles. The monoisotopic (exact) mass is 794 g/mol. The van der Waals surface area contributed by atoms with Crippen molar-refractivity contribution in [1.29, 1.82) is 10.5 Å². The molecule has 15 nitrogen and oxygen atoms in total. The number of halogens is 1. The quantitative estimate of drug-likeness (QED) is 0.112. The van der Waals surface area contributed by atoms with Crippen molar-refractivity contribution in [3.05, 3.63) is 85.2 Å². The number of hydrogen-bond donors (Lipinski definition) is 2. The molecule has 2 fully saturated rings. The Labute approximate surface area is 322 Å². The lowest BCUT2D eigenvalue weighted by Crippen LogP contribution is -2.37. The molecule has 0 amide bonds. The van der Waals surface area contributed by atoms with Gasteiger partial charge in [0.15, 0.2) is 29.5 Å². The van der Waals surface area contributed by atoms with E-state index in [0.717, 1.165) is 97.8 Å². The lowest BCUT2D eigenvalue weighted by Gasteiger charge is -2.28. The van der Waals surface area contributed by atoms with Gasteiger partial charge < -0.3 is 29.7 Å². The molecule has 2 saturated heterocycles. The van der Waals surface area contributed by atoms with Crippen LogP contribution in [0.15, 0.2) is 85.2 Å². The molecule has 4 aromatic heterocycles. The Morgan fingerprint density at radius 1 is 0.722 bits per heavy atom. The summed E-state index contributed by atoms with van der Waals surface area (Å²) < 4.78 is 19.4. The first-order chi connectivity index (χ1) is 26.5. The molecule has 2 aliphatic heterocycles. The first-order valence-corrected chi connectivity index (χ1v) is 18.3. The second-order valence-corrected chi connectivity index (χ2v) is 12.0. The summed E-state index contributed by atoms with van der Waals surface area (Å²) in [6.07, 6.45) is 5.79. The summed E-state index contributed by atoms with van der Waals surface area (Å²) in [4.78, 5) is 15.6. The van der Waals surface area contributed by atoms with Crippen molar-refractivity contribution in [3.8, 4) is 33.9 Å². The van der Waals surface area contributed by atoms with E-state index < -0.39 is 0 Å². The molecule has 0 bridgehead atoms. The van der Waals surface area contributed by atoms with E-state index in [1.165, 1.54) is 0 Å². The Morgan fingerprint density at radius 2 is 1.15 bits per heavy atom. The number of rotatable bonds is 7. The highest BCUT2D eigenvalue weighted by molar-refractivity contribution is 9.12. The summed E-state index contributed by atoms with van der Waals surface area (Å²) in [6, 6.07) is 23.2. The molecule has 6 aromatic rings. The van der Waals surface area contributed by atoms with E-state index in [4.69, 9.17) is 40.4 Å². The fourth-order valence-corrected chi connectivity index (χ4v) is 5.70. The van der Waals surface area contributed by atoms with Crippen LogP contribution in [0.2, 0.25) is 0 Å². The number of morpholine rings is 2. The molecule has 0 spiro atoms. The van der Waals surface area contributed by atoms with Crippen molar-refractivity contribution in [2.24, 2.45) is 0 Å². The third-order valence-electron chi connectivity index (χ3n) is 8.28. The van der Waals surface area contributed by atoms with Gasteiger partial charge in [0.2, 0.25) is 0 Å². The van der Waals surface area contributed by atoms with Gasteiger partial charge in [0.05, 0.1) is 26.4 Å². The van der Waals surface area contributed by atoms with Gasteiger partial charge in [-0.3, -0.25) is 5.32 Å². The van der Waals surface area contributed by atoms with E-state index in [-0.39, 0.29) is 0 Å². The lowest BCUT2D eigenvalue weighted by atomic mass is 10.2. The first kappa shape index (κ1) is 39.4. The van der Waals surface area contributed by atoms with Crippen molar-refractivity contribution >= 4 is 50.0 Å². The Bertz CT molecular complexity index is 2130. The van der Waals surface area contributed by atoms with Crippen LogP contribution in [-0.2, 0) is 14.2 Å². The maximum absolute atomic E-state index is 8.68. The molecule has 0 atom stereocenters. The van der Waals surface area contributed by atoms with Crippen LogP contribution in [0, 0.1) is 21.7 Å².